The highest BCUT2D eigenvalue weighted by Gasteiger charge is 2.36. The molecule has 0 aromatic heterocycles. The molecule has 0 radical (unpaired) electrons. The minimum atomic E-state index is 0. The van der Waals surface area contributed by atoms with Crippen LogP contribution in [-0.4, -0.2) is 43.6 Å². The van der Waals surface area contributed by atoms with Gasteiger partial charge in [-0.25, -0.2) is 0 Å². The summed E-state index contributed by atoms with van der Waals surface area (Å²) in [5, 5.41) is 0. The van der Waals surface area contributed by atoms with Gasteiger partial charge in [0, 0.05) is 12.2 Å². The molecule has 1 amide bonds. The molecule has 2 aliphatic rings. The second-order valence-corrected chi connectivity index (χ2v) is 5.59. The molecular weight excluding hydrogens is 288 g/mol. The van der Waals surface area contributed by atoms with Crippen LogP contribution < -0.4 is 9.64 Å². The molecular formula is C16H23ClN2O2. The number of nitrogens with zero attached hydrogens (tertiary/aromatic N) is 2. The van der Waals surface area contributed by atoms with Crippen molar-refractivity contribution >= 4 is 24.0 Å². The summed E-state index contributed by atoms with van der Waals surface area (Å²) in [4.78, 5) is 16.9. The molecule has 2 aliphatic heterocycles. The van der Waals surface area contributed by atoms with E-state index in [0.29, 0.717) is 0 Å². The van der Waals surface area contributed by atoms with Gasteiger partial charge in [-0.1, -0.05) is 6.42 Å². The normalized spacial score (nSPS) is 23.0. The first-order chi connectivity index (χ1) is 9.79. The summed E-state index contributed by atoms with van der Waals surface area (Å²) in [6, 6.07) is 7.86. The molecule has 3 rings (SSSR count). The van der Waals surface area contributed by atoms with Crippen LogP contribution in [0, 0.1) is 0 Å². The van der Waals surface area contributed by atoms with Gasteiger partial charge in [-0.05, 0) is 56.6 Å². The van der Waals surface area contributed by atoms with E-state index in [1.165, 1.54) is 19.3 Å². The smallest absolute Gasteiger partial charge is 0.244 e. The third-order valence-electron chi connectivity index (χ3n) is 4.39. The van der Waals surface area contributed by atoms with Crippen molar-refractivity contribution in [3.05, 3.63) is 24.3 Å². The standard InChI is InChI=1S/C16H22N2O2.ClH/c1-20-14-7-5-13(6-8-14)18-12-9-15(16(18)19)17-10-3-2-4-11-17;/h5-8,15H,2-4,9-12H2,1H3;1H. The van der Waals surface area contributed by atoms with Gasteiger partial charge >= 0.3 is 0 Å². The quantitative estimate of drug-likeness (QED) is 0.860. The zero-order valence-electron chi connectivity index (χ0n) is 12.5. The Labute approximate surface area is 132 Å². The van der Waals surface area contributed by atoms with Crippen LogP contribution in [0.3, 0.4) is 0 Å². The van der Waals surface area contributed by atoms with Crippen molar-refractivity contribution in [3.8, 4) is 5.75 Å². The Balaban J connectivity index is 0.00000161. The summed E-state index contributed by atoms with van der Waals surface area (Å²) in [6.45, 7) is 2.98. The number of piperidine rings is 1. The Kier molecular flexibility index (Phi) is 5.48. The van der Waals surface area contributed by atoms with Crippen LogP contribution in [-0.2, 0) is 4.79 Å². The molecule has 1 atom stereocenters. The Morgan fingerprint density at radius 3 is 2.33 bits per heavy atom. The molecule has 4 nitrogen and oxygen atoms in total. The lowest BCUT2D eigenvalue weighted by molar-refractivity contribution is -0.122. The van der Waals surface area contributed by atoms with E-state index in [1.54, 1.807) is 7.11 Å². The van der Waals surface area contributed by atoms with Gasteiger partial charge in [0.15, 0.2) is 0 Å². The first-order valence-corrected chi connectivity index (χ1v) is 7.49. The van der Waals surface area contributed by atoms with Crippen LogP contribution in [0.15, 0.2) is 24.3 Å². The molecule has 116 valence electrons. The Bertz CT molecular complexity index is 472. The predicted molar refractivity (Wildman–Crippen MR) is 86.4 cm³/mol. The molecule has 1 aromatic rings. The number of likely N-dealkylation sites (tertiary alicyclic amines) is 1. The molecule has 2 saturated heterocycles. The number of rotatable bonds is 3. The predicted octanol–water partition coefficient (Wildman–Crippen LogP) is 2.71. The maximum Gasteiger partial charge on any atom is 0.244 e. The van der Waals surface area contributed by atoms with Crippen LogP contribution in [0.1, 0.15) is 25.7 Å². The van der Waals surface area contributed by atoms with Gasteiger partial charge in [0.05, 0.1) is 13.2 Å². The number of hydrogen-bond donors (Lipinski definition) is 0. The lowest BCUT2D eigenvalue weighted by Crippen LogP contribution is -2.44. The van der Waals surface area contributed by atoms with E-state index in [0.717, 1.165) is 37.5 Å². The highest BCUT2D eigenvalue weighted by atomic mass is 35.5. The molecule has 0 N–H and O–H groups in total. The SMILES string of the molecule is COc1ccc(N2CCC(N3CCCCC3)C2=O)cc1.Cl. The first kappa shape index (κ1) is 16.1. The van der Waals surface area contributed by atoms with Crippen LogP contribution >= 0.6 is 12.4 Å². The van der Waals surface area contributed by atoms with Gasteiger partial charge in [-0.3, -0.25) is 9.69 Å². The van der Waals surface area contributed by atoms with Crippen LogP contribution in [0.5, 0.6) is 5.75 Å². The number of benzene rings is 1. The topological polar surface area (TPSA) is 32.8 Å². The Morgan fingerprint density at radius 2 is 1.71 bits per heavy atom. The summed E-state index contributed by atoms with van der Waals surface area (Å²) in [6.07, 6.45) is 4.71. The van der Waals surface area contributed by atoms with Crippen molar-refractivity contribution < 1.29 is 9.53 Å². The van der Waals surface area contributed by atoms with Crippen molar-refractivity contribution in [2.45, 2.75) is 31.7 Å². The maximum atomic E-state index is 12.6. The highest BCUT2D eigenvalue weighted by Crippen LogP contribution is 2.27. The van der Waals surface area contributed by atoms with Gasteiger partial charge < -0.3 is 9.64 Å². The van der Waals surface area contributed by atoms with E-state index in [9.17, 15) is 4.79 Å². The molecule has 2 fully saturated rings. The number of ether oxygens (including phenoxy) is 1. The second-order valence-electron chi connectivity index (χ2n) is 5.59. The lowest BCUT2D eigenvalue weighted by Gasteiger charge is -2.31. The fraction of sp³-hybridized carbons (Fsp3) is 0.562. The molecule has 2 heterocycles. The fourth-order valence-corrected chi connectivity index (χ4v) is 3.25. The average molecular weight is 311 g/mol. The van der Waals surface area contributed by atoms with E-state index in [-0.39, 0.29) is 24.4 Å². The van der Waals surface area contributed by atoms with Gasteiger partial charge in [0.1, 0.15) is 5.75 Å². The number of halogens is 1. The van der Waals surface area contributed by atoms with E-state index in [2.05, 4.69) is 4.90 Å². The van der Waals surface area contributed by atoms with E-state index in [4.69, 9.17) is 4.74 Å². The van der Waals surface area contributed by atoms with Crippen molar-refractivity contribution in [1.29, 1.82) is 0 Å². The van der Waals surface area contributed by atoms with Gasteiger partial charge in [0.25, 0.3) is 0 Å². The molecule has 0 aliphatic carbocycles. The average Bonchev–Trinajstić information content (AvgIpc) is 2.90. The highest BCUT2D eigenvalue weighted by molar-refractivity contribution is 5.99. The van der Waals surface area contributed by atoms with E-state index in [1.807, 2.05) is 29.2 Å². The van der Waals surface area contributed by atoms with Crippen molar-refractivity contribution in [1.82, 2.24) is 4.90 Å². The molecule has 0 bridgehead atoms. The number of amides is 1. The lowest BCUT2D eigenvalue weighted by atomic mass is 10.1. The third kappa shape index (κ3) is 3.33. The molecule has 1 unspecified atom stereocenters. The summed E-state index contributed by atoms with van der Waals surface area (Å²) in [7, 11) is 1.66. The number of anilines is 1. The fourth-order valence-electron chi connectivity index (χ4n) is 3.25. The second kappa shape index (κ2) is 7.14. The summed E-state index contributed by atoms with van der Waals surface area (Å²) >= 11 is 0. The van der Waals surface area contributed by atoms with Crippen LogP contribution in [0.2, 0.25) is 0 Å². The van der Waals surface area contributed by atoms with Gasteiger partial charge in [0.2, 0.25) is 5.91 Å². The maximum absolute atomic E-state index is 12.6. The number of methoxy groups -OCH3 is 1. The van der Waals surface area contributed by atoms with Crippen molar-refractivity contribution in [2.75, 3.05) is 31.6 Å². The zero-order valence-corrected chi connectivity index (χ0v) is 13.3. The first-order valence-electron chi connectivity index (χ1n) is 7.49. The van der Waals surface area contributed by atoms with Crippen LogP contribution in [0.4, 0.5) is 5.69 Å². The van der Waals surface area contributed by atoms with Gasteiger partial charge in [-0.2, -0.15) is 0 Å². The molecule has 5 heteroatoms. The van der Waals surface area contributed by atoms with Crippen molar-refractivity contribution in [3.63, 3.8) is 0 Å². The Hall–Kier alpha value is -1.26. The summed E-state index contributed by atoms with van der Waals surface area (Å²) in [5.41, 5.74) is 0.982. The number of carbonyl (C=O) groups is 1. The summed E-state index contributed by atoms with van der Waals surface area (Å²) in [5.74, 6) is 1.09. The van der Waals surface area contributed by atoms with Crippen LogP contribution in [0.25, 0.3) is 0 Å². The molecule has 0 spiro atoms. The van der Waals surface area contributed by atoms with Gasteiger partial charge in [-0.15, -0.1) is 12.4 Å². The summed E-state index contributed by atoms with van der Waals surface area (Å²) < 4.78 is 5.16. The number of hydrogen-bond acceptors (Lipinski definition) is 3. The number of carbonyl (C=O) groups excluding carboxylic acids is 1. The van der Waals surface area contributed by atoms with E-state index < -0.39 is 0 Å². The third-order valence-corrected chi connectivity index (χ3v) is 4.39. The Morgan fingerprint density at radius 1 is 1.05 bits per heavy atom. The molecule has 0 saturated carbocycles. The largest absolute Gasteiger partial charge is 0.497 e. The van der Waals surface area contributed by atoms with E-state index >= 15 is 0 Å². The minimum Gasteiger partial charge on any atom is -0.497 e. The zero-order chi connectivity index (χ0) is 13.9. The van der Waals surface area contributed by atoms with Crippen molar-refractivity contribution in [2.24, 2.45) is 0 Å². The monoisotopic (exact) mass is 310 g/mol. The molecule has 1 aromatic carbocycles. The minimum absolute atomic E-state index is 0. The molecule has 21 heavy (non-hydrogen) atoms.